The third-order valence-corrected chi connectivity index (χ3v) is 7.05. The standard InChI is InChI=1S/C23H25ClN4O4S/c1-2-30-22(29)15-6-9-28(10-7-15)23-26-20(16-12-19(24)33-21(16)27-23)25-8-5-14-3-4-17-18(11-14)32-13-31-17/h3-4,11-12,15H,2,5-10,13H2,1H3,(H,25,26,27). The lowest BCUT2D eigenvalue weighted by molar-refractivity contribution is -0.148. The molecule has 2 aliphatic rings. The Morgan fingerprint density at radius 3 is 2.88 bits per heavy atom. The van der Waals surface area contributed by atoms with Crippen LogP contribution in [0.25, 0.3) is 10.2 Å². The van der Waals surface area contributed by atoms with E-state index in [9.17, 15) is 4.79 Å². The lowest BCUT2D eigenvalue weighted by Gasteiger charge is -2.31. The van der Waals surface area contributed by atoms with E-state index in [4.69, 9.17) is 35.8 Å². The molecular weight excluding hydrogens is 464 g/mol. The van der Waals surface area contributed by atoms with Crippen molar-refractivity contribution in [3.05, 3.63) is 34.2 Å². The smallest absolute Gasteiger partial charge is 0.309 e. The van der Waals surface area contributed by atoms with Crippen molar-refractivity contribution in [2.24, 2.45) is 5.92 Å². The van der Waals surface area contributed by atoms with Crippen molar-refractivity contribution in [3.63, 3.8) is 0 Å². The van der Waals surface area contributed by atoms with Gasteiger partial charge in [0, 0.05) is 19.6 Å². The van der Waals surface area contributed by atoms with Gasteiger partial charge in [-0.2, -0.15) is 4.98 Å². The summed E-state index contributed by atoms with van der Waals surface area (Å²) in [6, 6.07) is 7.91. The highest BCUT2D eigenvalue weighted by Gasteiger charge is 2.28. The Labute approximate surface area is 200 Å². The molecule has 1 N–H and O–H groups in total. The van der Waals surface area contributed by atoms with Crippen molar-refractivity contribution in [2.75, 3.05) is 43.3 Å². The molecule has 2 aromatic heterocycles. The zero-order valence-electron chi connectivity index (χ0n) is 18.3. The van der Waals surface area contributed by atoms with Gasteiger partial charge in [0.15, 0.2) is 11.5 Å². The van der Waals surface area contributed by atoms with Gasteiger partial charge in [-0.15, -0.1) is 11.3 Å². The number of ether oxygens (including phenoxy) is 3. The molecule has 0 radical (unpaired) electrons. The van der Waals surface area contributed by atoms with Crippen LogP contribution in [0.15, 0.2) is 24.3 Å². The van der Waals surface area contributed by atoms with Gasteiger partial charge in [0.05, 0.1) is 22.2 Å². The Balaban J connectivity index is 1.29. The molecule has 5 rings (SSSR count). The predicted molar refractivity (Wildman–Crippen MR) is 129 cm³/mol. The lowest BCUT2D eigenvalue weighted by Crippen LogP contribution is -2.38. The average Bonchev–Trinajstić information content (AvgIpc) is 3.44. The van der Waals surface area contributed by atoms with Gasteiger partial charge in [-0.05, 0) is 49.9 Å². The number of thiophene rings is 1. The first-order valence-electron chi connectivity index (χ1n) is 11.1. The summed E-state index contributed by atoms with van der Waals surface area (Å²) in [7, 11) is 0. The molecule has 0 unspecified atom stereocenters. The molecule has 0 saturated carbocycles. The highest BCUT2D eigenvalue weighted by Crippen LogP contribution is 2.35. The van der Waals surface area contributed by atoms with E-state index in [1.54, 1.807) is 0 Å². The van der Waals surface area contributed by atoms with Crippen molar-refractivity contribution in [3.8, 4) is 11.5 Å². The molecule has 174 valence electrons. The zero-order valence-corrected chi connectivity index (χ0v) is 19.9. The van der Waals surface area contributed by atoms with Crippen molar-refractivity contribution in [1.29, 1.82) is 0 Å². The Bertz CT molecular complexity index is 1160. The number of aromatic nitrogens is 2. The topological polar surface area (TPSA) is 85.8 Å². The van der Waals surface area contributed by atoms with E-state index in [-0.39, 0.29) is 18.7 Å². The number of carbonyl (C=O) groups excluding carboxylic acids is 1. The van der Waals surface area contributed by atoms with E-state index in [0.29, 0.717) is 36.5 Å². The number of fused-ring (bicyclic) bond motifs is 2. The van der Waals surface area contributed by atoms with Crippen molar-refractivity contribution in [2.45, 2.75) is 26.2 Å². The van der Waals surface area contributed by atoms with Crippen LogP contribution in [0.3, 0.4) is 0 Å². The number of anilines is 2. The van der Waals surface area contributed by atoms with E-state index in [2.05, 4.69) is 10.2 Å². The molecule has 1 aromatic carbocycles. The average molecular weight is 489 g/mol. The first-order valence-corrected chi connectivity index (χ1v) is 12.3. The fourth-order valence-electron chi connectivity index (χ4n) is 4.15. The molecule has 2 aliphatic heterocycles. The summed E-state index contributed by atoms with van der Waals surface area (Å²) in [5.41, 5.74) is 1.15. The Kier molecular flexibility index (Phi) is 6.41. The molecule has 0 bridgehead atoms. The minimum Gasteiger partial charge on any atom is -0.466 e. The Morgan fingerprint density at radius 2 is 2.06 bits per heavy atom. The lowest BCUT2D eigenvalue weighted by atomic mass is 9.97. The number of hydrogen-bond acceptors (Lipinski definition) is 9. The molecule has 1 fully saturated rings. The monoisotopic (exact) mass is 488 g/mol. The number of esters is 1. The number of rotatable bonds is 7. The molecule has 3 aromatic rings. The fraction of sp³-hybridized carbons (Fsp3) is 0.435. The van der Waals surface area contributed by atoms with Crippen LogP contribution in [0.2, 0.25) is 4.34 Å². The van der Waals surface area contributed by atoms with E-state index >= 15 is 0 Å². The first kappa shape index (κ1) is 22.0. The molecule has 33 heavy (non-hydrogen) atoms. The Hall–Kier alpha value is -2.78. The van der Waals surface area contributed by atoms with E-state index < -0.39 is 0 Å². The number of carbonyl (C=O) groups is 1. The first-order chi connectivity index (χ1) is 16.1. The second-order valence-electron chi connectivity index (χ2n) is 8.02. The summed E-state index contributed by atoms with van der Waals surface area (Å²) in [5, 5.41) is 4.38. The van der Waals surface area contributed by atoms with Gasteiger partial charge < -0.3 is 24.4 Å². The summed E-state index contributed by atoms with van der Waals surface area (Å²) in [4.78, 5) is 24.6. The minimum atomic E-state index is -0.107. The molecule has 0 atom stereocenters. The number of hydrogen-bond donors (Lipinski definition) is 1. The summed E-state index contributed by atoms with van der Waals surface area (Å²) in [6.45, 7) is 4.65. The minimum absolute atomic E-state index is 0.0552. The molecule has 0 spiro atoms. The summed E-state index contributed by atoms with van der Waals surface area (Å²) < 4.78 is 16.7. The molecular formula is C23H25ClN4O4S. The molecule has 1 saturated heterocycles. The number of benzene rings is 1. The maximum Gasteiger partial charge on any atom is 0.309 e. The second-order valence-corrected chi connectivity index (χ2v) is 9.68. The van der Waals surface area contributed by atoms with Gasteiger partial charge in [0.1, 0.15) is 10.6 Å². The van der Waals surface area contributed by atoms with E-state index in [0.717, 1.165) is 52.4 Å². The van der Waals surface area contributed by atoms with Crippen LogP contribution >= 0.6 is 22.9 Å². The van der Waals surface area contributed by atoms with Crippen LogP contribution in [0, 0.1) is 5.92 Å². The number of nitrogens with one attached hydrogen (secondary N) is 1. The van der Waals surface area contributed by atoms with E-state index in [1.807, 2.05) is 31.2 Å². The number of piperidine rings is 1. The van der Waals surface area contributed by atoms with Crippen molar-refractivity contribution >= 4 is 50.9 Å². The maximum atomic E-state index is 12.1. The summed E-state index contributed by atoms with van der Waals surface area (Å²) in [5.74, 6) is 2.84. The largest absolute Gasteiger partial charge is 0.466 e. The predicted octanol–water partition coefficient (Wildman–Crippen LogP) is 4.51. The van der Waals surface area contributed by atoms with Crippen LogP contribution in [-0.2, 0) is 16.0 Å². The highest BCUT2D eigenvalue weighted by molar-refractivity contribution is 7.22. The van der Waals surface area contributed by atoms with Gasteiger partial charge in [-0.3, -0.25) is 4.79 Å². The second kappa shape index (κ2) is 9.61. The third kappa shape index (κ3) is 4.79. The quantitative estimate of drug-likeness (QED) is 0.486. The fourth-order valence-corrected chi connectivity index (χ4v) is 5.24. The zero-order chi connectivity index (χ0) is 22.8. The van der Waals surface area contributed by atoms with Gasteiger partial charge >= 0.3 is 5.97 Å². The summed E-state index contributed by atoms with van der Waals surface area (Å²) in [6.07, 6.45) is 2.27. The van der Waals surface area contributed by atoms with Crippen molar-refractivity contribution in [1.82, 2.24) is 9.97 Å². The third-order valence-electron chi connectivity index (χ3n) is 5.89. The Morgan fingerprint density at radius 1 is 1.24 bits per heavy atom. The van der Waals surface area contributed by atoms with Gasteiger partial charge in [-0.25, -0.2) is 4.98 Å². The van der Waals surface area contributed by atoms with Gasteiger partial charge in [0.2, 0.25) is 12.7 Å². The van der Waals surface area contributed by atoms with Crippen LogP contribution in [0.1, 0.15) is 25.3 Å². The van der Waals surface area contributed by atoms with E-state index in [1.165, 1.54) is 11.3 Å². The van der Waals surface area contributed by atoms with Crippen LogP contribution in [0.4, 0.5) is 11.8 Å². The summed E-state index contributed by atoms with van der Waals surface area (Å²) >= 11 is 7.74. The van der Waals surface area contributed by atoms with Gasteiger partial charge in [-0.1, -0.05) is 17.7 Å². The highest BCUT2D eigenvalue weighted by atomic mass is 35.5. The molecule has 10 heteroatoms. The normalized spacial score (nSPS) is 15.8. The molecule has 0 aliphatic carbocycles. The van der Waals surface area contributed by atoms with Crippen LogP contribution in [0.5, 0.6) is 11.5 Å². The molecule has 4 heterocycles. The molecule has 0 amide bonds. The SMILES string of the molecule is CCOC(=O)C1CCN(c2nc(NCCc3ccc4c(c3)OCO4)c3cc(Cl)sc3n2)CC1. The van der Waals surface area contributed by atoms with Crippen molar-refractivity contribution < 1.29 is 19.0 Å². The number of nitrogens with zero attached hydrogens (tertiary/aromatic N) is 3. The maximum absolute atomic E-state index is 12.1. The van der Waals surface area contributed by atoms with Crippen LogP contribution < -0.4 is 19.7 Å². The van der Waals surface area contributed by atoms with Gasteiger partial charge in [0.25, 0.3) is 0 Å². The number of halogens is 1. The van der Waals surface area contributed by atoms with Crippen LogP contribution in [-0.4, -0.2) is 49.0 Å². The molecule has 8 nitrogen and oxygen atoms in total.